The fraction of sp³-hybridized carbons (Fsp3) is 0.143. The van der Waals surface area contributed by atoms with Gasteiger partial charge in [-0.1, -0.05) is 47.6 Å². The summed E-state index contributed by atoms with van der Waals surface area (Å²) in [6.45, 7) is 1.86. The van der Waals surface area contributed by atoms with E-state index in [2.05, 4.69) is 5.32 Å². The van der Waals surface area contributed by atoms with E-state index < -0.39 is 12.0 Å². The van der Waals surface area contributed by atoms with Crippen LogP contribution in [-0.4, -0.2) is 22.0 Å². The van der Waals surface area contributed by atoms with Crippen LogP contribution in [0.5, 0.6) is 0 Å². The van der Waals surface area contributed by atoms with Gasteiger partial charge in [-0.3, -0.25) is 0 Å². The van der Waals surface area contributed by atoms with Crippen molar-refractivity contribution in [1.82, 2.24) is 0 Å². The Bertz CT molecular complexity index is 632. The van der Waals surface area contributed by atoms with Gasteiger partial charge in [-0.05, 0) is 30.7 Å². The molecular formula is C14H11Cl2NO2S. The summed E-state index contributed by atoms with van der Waals surface area (Å²) in [6, 6.07) is 4.72. The van der Waals surface area contributed by atoms with E-state index in [1.165, 1.54) is 6.08 Å². The fourth-order valence-electron chi connectivity index (χ4n) is 1.89. The molecule has 0 bridgehead atoms. The lowest BCUT2D eigenvalue weighted by atomic mass is 9.93. The van der Waals surface area contributed by atoms with Crippen molar-refractivity contribution in [2.45, 2.75) is 13.0 Å². The minimum Gasteiger partial charge on any atom is -0.478 e. The number of rotatable bonds is 3. The van der Waals surface area contributed by atoms with Gasteiger partial charge in [0.2, 0.25) is 0 Å². The maximum absolute atomic E-state index is 11.1. The average Bonchev–Trinajstić information content (AvgIpc) is 2.36. The second-order valence-corrected chi connectivity index (χ2v) is 5.59. The smallest absolute Gasteiger partial charge is 0.336 e. The molecule has 0 aromatic heterocycles. The van der Waals surface area contributed by atoms with Crippen LogP contribution in [0.3, 0.4) is 0 Å². The van der Waals surface area contributed by atoms with E-state index in [0.29, 0.717) is 20.6 Å². The number of halogens is 2. The van der Waals surface area contributed by atoms with E-state index in [1.54, 1.807) is 24.3 Å². The van der Waals surface area contributed by atoms with E-state index in [1.807, 2.05) is 6.92 Å². The molecule has 1 aromatic rings. The molecule has 0 amide bonds. The van der Waals surface area contributed by atoms with Crippen LogP contribution in [0, 0.1) is 0 Å². The van der Waals surface area contributed by atoms with Gasteiger partial charge in [0.25, 0.3) is 0 Å². The number of benzene rings is 1. The number of allylic oxidation sites excluding steroid dienone is 2. The molecule has 1 aliphatic rings. The molecule has 0 fully saturated rings. The molecule has 6 heteroatoms. The summed E-state index contributed by atoms with van der Waals surface area (Å²) in [7, 11) is 0. The van der Waals surface area contributed by atoms with Crippen LogP contribution in [0.4, 0.5) is 5.69 Å². The standard InChI is InChI=1S/C14H11Cl2NO2S/c1-7-5-6-8(14(18)19)13(20)11(7)17-12-9(15)3-2-4-10(12)16/h2-6,11,17H,1H3,(H,18,19). The number of nitrogens with one attached hydrogen (secondary N) is 1. The molecular weight excluding hydrogens is 317 g/mol. The summed E-state index contributed by atoms with van der Waals surface area (Å²) < 4.78 is 0. The van der Waals surface area contributed by atoms with Crippen molar-refractivity contribution >= 4 is 51.9 Å². The molecule has 1 aliphatic carbocycles. The molecule has 1 atom stereocenters. The van der Waals surface area contributed by atoms with Crippen molar-refractivity contribution < 1.29 is 9.90 Å². The quantitative estimate of drug-likeness (QED) is 0.820. The molecule has 1 unspecified atom stereocenters. The van der Waals surface area contributed by atoms with Crippen LogP contribution < -0.4 is 5.32 Å². The van der Waals surface area contributed by atoms with Crippen LogP contribution in [0.25, 0.3) is 0 Å². The lowest BCUT2D eigenvalue weighted by Gasteiger charge is -2.25. The Morgan fingerprint density at radius 3 is 2.45 bits per heavy atom. The third-order valence-electron chi connectivity index (χ3n) is 2.98. The first-order chi connectivity index (χ1) is 9.41. The molecule has 0 radical (unpaired) electrons. The predicted octanol–water partition coefficient (Wildman–Crippen LogP) is 4.11. The number of carbonyl (C=O) groups is 1. The Balaban J connectivity index is 2.35. The highest BCUT2D eigenvalue weighted by Crippen LogP contribution is 2.32. The minimum atomic E-state index is -1.05. The van der Waals surface area contributed by atoms with E-state index >= 15 is 0 Å². The first-order valence-corrected chi connectivity index (χ1v) is 6.94. The summed E-state index contributed by atoms with van der Waals surface area (Å²) >= 11 is 17.5. The SMILES string of the molecule is CC1=CC=C(C(=O)O)C(=S)C1Nc1c(Cl)cccc1Cl. The summed E-state index contributed by atoms with van der Waals surface area (Å²) in [6.07, 6.45) is 3.23. The van der Waals surface area contributed by atoms with Crippen molar-refractivity contribution in [3.8, 4) is 0 Å². The Morgan fingerprint density at radius 2 is 1.90 bits per heavy atom. The second kappa shape index (κ2) is 5.95. The molecule has 3 nitrogen and oxygen atoms in total. The van der Waals surface area contributed by atoms with Gasteiger partial charge in [-0.25, -0.2) is 4.79 Å². The number of hydrogen-bond acceptors (Lipinski definition) is 3. The number of carboxylic acids is 1. The van der Waals surface area contributed by atoms with Crippen LogP contribution in [-0.2, 0) is 4.79 Å². The minimum absolute atomic E-state index is 0.103. The zero-order valence-electron chi connectivity index (χ0n) is 10.5. The molecule has 0 aliphatic heterocycles. The van der Waals surface area contributed by atoms with Gasteiger partial charge in [0.15, 0.2) is 0 Å². The number of carboxylic acid groups (broad SMARTS) is 1. The molecule has 2 rings (SSSR count). The van der Waals surface area contributed by atoms with Gasteiger partial charge >= 0.3 is 5.97 Å². The lowest BCUT2D eigenvalue weighted by molar-refractivity contribution is -0.132. The van der Waals surface area contributed by atoms with Crippen LogP contribution in [0.1, 0.15) is 6.92 Å². The number of thiocarbonyl (C=S) groups is 1. The average molecular weight is 328 g/mol. The van der Waals surface area contributed by atoms with Crippen molar-refractivity contribution in [2.24, 2.45) is 0 Å². The predicted molar refractivity (Wildman–Crippen MR) is 85.9 cm³/mol. The van der Waals surface area contributed by atoms with Crippen LogP contribution in [0.2, 0.25) is 10.0 Å². The number of aliphatic carboxylic acids is 1. The zero-order valence-corrected chi connectivity index (χ0v) is 12.8. The third-order valence-corrected chi connectivity index (χ3v) is 4.06. The largest absolute Gasteiger partial charge is 0.478 e. The van der Waals surface area contributed by atoms with Gasteiger partial charge < -0.3 is 10.4 Å². The van der Waals surface area contributed by atoms with Gasteiger partial charge in [0, 0.05) is 0 Å². The first-order valence-electron chi connectivity index (χ1n) is 5.78. The van der Waals surface area contributed by atoms with Crippen LogP contribution >= 0.6 is 35.4 Å². The first kappa shape index (κ1) is 15.0. The van der Waals surface area contributed by atoms with Crippen molar-refractivity contribution in [1.29, 1.82) is 0 Å². The molecule has 104 valence electrons. The number of anilines is 1. The number of hydrogen-bond donors (Lipinski definition) is 2. The Labute approximate surface area is 131 Å². The summed E-state index contributed by atoms with van der Waals surface area (Å²) in [5.41, 5.74) is 1.55. The highest BCUT2D eigenvalue weighted by atomic mass is 35.5. The maximum Gasteiger partial charge on any atom is 0.336 e. The van der Waals surface area contributed by atoms with Crippen molar-refractivity contribution in [3.63, 3.8) is 0 Å². The summed E-state index contributed by atoms with van der Waals surface area (Å²) in [5.74, 6) is -1.05. The summed E-state index contributed by atoms with van der Waals surface area (Å²) in [5, 5.41) is 13.2. The zero-order chi connectivity index (χ0) is 14.9. The number of para-hydroxylation sites is 1. The molecule has 2 N–H and O–H groups in total. The molecule has 0 heterocycles. The van der Waals surface area contributed by atoms with E-state index in [9.17, 15) is 4.79 Å². The Morgan fingerprint density at radius 1 is 1.30 bits per heavy atom. The molecule has 1 aromatic carbocycles. The van der Waals surface area contributed by atoms with Gasteiger partial charge in [0.1, 0.15) is 0 Å². The third kappa shape index (κ3) is 2.87. The van der Waals surface area contributed by atoms with E-state index in [4.69, 9.17) is 40.5 Å². The van der Waals surface area contributed by atoms with Gasteiger partial charge in [0.05, 0.1) is 32.2 Å². The fourth-order valence-corrected chi connectivity index (χ4v) is 2.80. The van der Waals surface area contributed by atoms with E-state index in [-0.39, 0.29) is 5.57 Å². The highest BCUT2D eigenvalue weighted by Gasteiger charge is 2.27. The van der Waals surface area contributed by atoms with E-state index in [0.717, 1.165) is 5.57 Å². The second-order valence-electron chi connectivity index (χ2n) is 4.33. The summed E-state index contributed by atoms with van der Waals surface area (Å²) in [4.78, 5) is 11.5. The Hall–Kier alpha value is -1.36. The molecule has 0 saturated heterocycles. The lowest BCUT2D eigenvalue weighted by Crippen LogP contribution is -2.34. The highest BCUT2D eigenvalue weighted by molar-refractivity contribution is 7.81. The van der Waals surface area contributed by atoms with Crippen molar-refractivity contribution in [2.75, 3.05) is 5.32 Å². The van der Waals surface area contributed by atoms with Crippen LogP contribution in [0.15, 0.2) is 41.5 Å². The monoisotopic (exact) mass is 327 g/mol. The normalized spacial score (nSPS) is 18.4. The Kier molecular flexibility index (Phi) is 4.48. The van der Waals surface area contributed by atoms with Crippen molar-refractivity contribution in [3.05, 3.63) is 51.5 Å². The molecule has 20 heavy (non-hydrogen) atoms. The molecule has 0 saturated carbocycles. The van der Waals surface area contributed by atoms with Gasteiger partial charge in [-0.2, -0.15) is 0 Å². The molecule has 0 spiro atoms. The van der Waals surface area contributed by atoms with Gasteiger partial charge in [-0.15, -0.1) is 0 Å². The topological polar surface area (TPSA) is 49.3 Å². The maximum atomic E-state index is 11.1.